The molecule has 0 aliphatic heterocycles. The number of ketones is 1. The molecule has 8 heteroatoms. The molecule has 0 fully saturated rings. The molecule has 0 aliphatic carbocycles. The molecule has 1 N–H and O–H groups in total. The molecule has 0 amide bonds. The zero-order valence-corrected chi connectivity index (χ0v) is 12.3. The smallest absolute Gasteiger partial charge is 0.416 e. The highest BCUT2D eigenvalue weighted by molar-refractivity contribution is 6.07. The van der Waals surface area contributed by atoms with Crippen LogP contribution in [0.15, 0.2) is 54.6 Å². The topological polar surface area (TPSA) is 37.3 Å². The first-order valence-corrected chi connectivity index (χ1v) is 6.78. The van der Waals surface area contributed by atoms with Crippen molar-refractivity contribution in [2.45, 2.75) is 12.4 Å². The second-order valence-corrected chi connectivity index (χ2v) is 5.04. The molecule has 0 heterocycles. The van der Waals surface area contributed by atoms with E-state index in [-0.39, 0.29) is 11.1 Å². The summed E-state index contributed by atoms with van der Waals surface area (Å²) in [6, 6.07) is 6.77. The Morgan fingerprint density at radius 1 is 0.720 bits per heavy atom. The molecule has 0 aromatic heterocycles. The fourth-order valence-electron chi connectivity index (χ4n) is 1.94. The lowest BCUT2D eigenvalue weighted by atomic mass is 10.0. The number of carbonyl (C=O) groups is 1. The molecule has 0 aliphatic rings. The summed E-state index contributed by atoms with van der Waals surface area (Å²) < 4.78 is 74.7. The average Bonchev–Trinajstić information content (AvgIpc) is 2.53. The van der Waals surface area contributed by atoms with Crippen LogP contribution in [0.1, 0.15) is 27.0 Å². The standard InChI is InChI=1S/C17H10F6O2/c18-16(19,20)12-5-1-10(2-6-12)14(24)9-15(25)11-3-7-13(8-4-11)17(21,22)23/h1-9,24H/b14-9-. The van der Waals surface area contributed by atoms with Crippen molar-refractivity contribution in [3.05, 3.63) is 76.9 Å². The van der Waals surface area contributed by atoms with Crippen molar-refractivity contribution < 1.29 is 36.2 Å². The maximum absolute atomic E-state index is 12.5. The van der Waals surface area contributed by atoms with Crippen LogP contribution in [0.2, 0.25) is 0 Å². The number of hydrogen-bond acceptors (Lipinski definition) is 2. The predicted octanol–water partition coefficient (Wildman–Crippen LogP) is 5.51. The van der Waals surface area contributed by atoms with E-state index >= 15 is 0 Å². The van der Waals surface area contributed by atoms with E-state index in [1.165, 1.54) is 0 Å². The monoisotopic (exact) mass is 360 g/mol. The van der Waals surface area contributed by atoms with Crippen molar-refractivity contribution in [2.75, 3.05) is 0 Å². The first kappa shape index (κ1) is 18.6. The molecule has 2 aromatic rings. The number of benzene rings is 2. The molecule has 0 saturated carbocycles. The van der Waals surface area contributed by atoms with E-state index in [1.54, 1.807) is 0 Å². The zero-order chi connectivity index (χ0) is 18.8. The van der Waals surface area contributed by atoms with Crippen molar-refractivity contribution in [1.82, 2.24) is 0 Å². The maximum atomic E-state index is 12.5. The fourth-order valence-corrected chi connectivity index (χ4v) is 1.94. The first-order chi connectivity index (χ1) is 11.5. The minimum Gasteiger partial charge on any atom is -0.507 e. The molecule has 2 nitrogen and oxygen atoms in total. The molecule has 0 spiro atoms. The van der Waals surface area contributed by atoms with E-state index in [4.69, 9.17) is 0 Å². The van der Waals surface area contributed by atoms with Crippen LogP contribution in [-0.4, -0.2) is 10.9 Å². The molecule has 0 atom stereocenters. The molecule has 0 bridgehead atoms. The van der Waals surface area contributed by atoms with Gasteiger partial charge in [-0.1, -0.05) is 24.3 Å². The molecule has 0 unspecified atom stereocenters. The largest absolute Gasteiger partial charge is 0.507 e. The number of carbonyl (C=O) groups excluding carboxylic acids is 1. The Labute approximate surface area is 138 Å². The second kappa shape index (κ2) is 6.62. The lowest BCUT2D eigenvalue weighted by Gasteiger charge is -2.08. The van der Waals surface area contributed by atoms with Crippen LogP contribution in [-0.2, 0) is 12.4 Å². The van der Waals surface area contributed by atoms with E-state index in [1.807, 2.05) is 0 Å². The van der Waals surface area contributed by atoms with Gasteiger partial charge in [0, 0.05) is 17.2 Å². The van der Waals surface area contributed by atoms with Gasteiger partial charge in [0.1, 0.15) is 5.76 Å². The summed E-state index contributed by atoms with van der Waals surface area (Å²) in [5.74, 6) is -1.38. The highest BCUT2D eigenvalue weighted by Gasteiger charge is 2.31. The van der Waals surface area contributed by atoms with Gasteiger partial charge in [-0.25, -0.2) is 0 Å². The quantitative estimate of drug-likeness (QED) is 0.339. The van der Waals surface area contributed by atoms with Crippen LogP contribution in [0.25, 0.3) is 5.76 Å². The van der Waals surface area contributed by atoms with E-state index < -0.39 is 35.0 Å². The van der Waals surface area contributed by atoms with Gasteiger partial charge in [0.15, 0.2) is 5.78 Å². The van der Waals surface area contributed by atoms with E-state index in [0.29, 0.717) is 0 Å². The summed E-state index contributed by atoms with van der Waals surface area (Å²) >= 11 is 0. The highest BCUT2D eigenvalue weighted by atomic mass is 19.4. The number of halogens is 6. The third kappa shape index (κ3) is 4.62. The predicted molar refractivity (Wildman–Crippen MR) is 77.8 cm³/mol. The minimum absolute atomic E-state index is 0.0340. The molecule has 0 saturated heterocycles. The lowest BCUT2D eigenvalue weighted by molar-refractivity contribution is -0.138. The number of rotatable bonds is 3. The van der Waals surface area contributed by atoms with Crippen molar-refractivity contribution in [3.8, 4) is 0 Å². The minimum atomic E-state index is -4.54. The van der Waals surface area contributed by atoms with Crippen molar-refractivity contribution in [3.63, 3.8) is 0 Å². The Balaban J connectivity index is 2.20. The molecular formula is C17H10F6O2. The molecular weight excluding hydrogens is 350 g/mol. The van der Waals surface area contributed by atoms with Gasteiger partial charge in [-0.05, 0) is 24.3 Å². The Morgan fingerprint density at radius 3 is 1.44 bits per heavy atom. The molecule has 2 rings (SSSR count). The van der Waals surface area contributed by atoms with Crippen LogP contribution in [0, 0.1) is 0 Å². The first-order valence-electron chi connectivity index (χ1n) is 6.78. The number of allylic oxidation sites excluding steroid dienone is 1. The maximum Gasteiger partial charge on any atom is 0.416 e. The van der Waals surface area contributed by atoms with E-state index in [2.05, 4.69) is 0 Å². The Morgan fingerprint density at radius 2 is 1.08 bits per heavy atom. The SMILES string of the molecule is O=C(/C=C(\O)c1ccc(C(F)(F)F)cc1)c1ccc(C(F)(F)F)cc1. The van der Waals surface area contributed by atoms with Crippen LogP contribution in [0.3, 0.4) is 0 Å². The summed E-state index contributed by atoms with van der Waals surface area (Å²) in [4.78, 5) is 11.9. The third-order valence-electron chi connectivity index (χ3n) is 3.27. The fraction of sp³-hybridized carbons (Fsp3) is 0.118. The lowest BCUT2D eigenvalue weighted by Crippen LogP contribution is -2.05. The van der Waals surface area contributed by atoms with Gasteiger partial charge in [-0.15, -0.1) is 0 Å². The van der Waals surface area contributed by atoms with E-state index in [9.17, 15) is 36.2 Å². The molecule has 2 aromatic carbocycles. The number of aliphatic hydroxyl groups is 1. The molecule has 0 radical (unpaired) electrons. The van der Waals surface area contributed by atoms with Gasteiger partial charge in [0.25, 0.3) is 0 Å². The van der Waals surface area contributed by atoms with Gasteiger partial charge in [-0.3, -0.25) is 4.79 Å². The highest BCUT2D eigenvalue weighted by Crippen LogP contribution is 2.30. The summed E-state index contributed by atoms with van der Waals surface area (Å²) in [6.45, 7) is 0. The number of hydrogen-bond donors (Lipinski definition) is 1. The van der Waals surface area contributed by atoms with Gasteiger partial charge in [0.05, 0.1) is 11.1 Å². The number of alkyl halides is 6. The average molecular weight is 360 g/mol. The van der Waals surface area contributed by atoms with E-state index in [0.717, 1.165) is 54.6 Å². The second-order valence-electron chi connectivity index (χ2n) is 5.04. The van der Waals surface area contributed by atoms with Crippen molar-refractivity contribution in [1.29, 1.82) is 0 Å². The van der Waals surface area contributed by atoms with Gasteiger partial charge in [0.2, 0.25) is 0 Å². The van der Waals surface area contributed by atoms with Crippen molar-refractivity contribution >= 4 is 11.5 Å². The third-order valence-corrected chi connectivity index (χ3v) is 3.27. The molecule has 132 valence electrons. The summed E-state index contributed by atoms with van der Waals surface area (Å²) in [5, 5.41) is 9.81. The van der Waals surface area contributed by atoms with Gasteiger partial charge < -0.3 is 5.11 Å². The van der Waals surface area contributed by atoms with Crippen LogP contribution in [0.4, 0.5) is 26.3 Å². The van der Waals surface area contributed by atoms with Crippen molar-refractivity contribution in [2.24, 2.45) is 0 Å². The van der Waals surface area contributed by atoms with Crippen LogP contribution >= 0.6 is 0 Å². The Hall–Kier alpha value is -2.77. The van der Waals surface area contributed by atoms with Gasteiger partial charge >= 0.3 is 12.4 Å². The van der Waals surface area contributed by atoms with Crippen LogP contribution < -0.4 is 0 Å². The zero-order valence-electron chi connectivity index (χ0n) is 12.3. The Kier molecular flexibility index (Phi) is 4.92. The summed E-state index contributed by atoms with van der Waals surface area (Å²) in [5.41, 5.74) is -1.99. The van der Waals surface area contributed by atoms with Gasteiger partial charge in [-0.2, -0.15) is 26.3 Å². The molecule has 25 heavy (non-hydrogen) atoms. The normalized spacial score (nSPS) is 13.0. The summed E-state index contributed by atoms with van der Waals surface area (Å²) in [6.07, 6.45) is -8.35. The number of aliphatic hydroxyl groups excluding tert-OH is 1. The Bertz CT molecular complexity index is 784. The summed E-state index contributed by atoms with van der Waals surface area (Å²) in [7, 11) is 0. The van der Waals surface area contributed by atoms with Crippen LogP contribution in [0.5, 0.6) is 0 Å².